The van der Waals surface area contributed by atoms with E-state index in [1.165, 1.54) is 0 Å². The van der Waals surface area contributed by atoms with Crippen molar-refractivity contribution in [2.24, 2.45) is 0 Å². The molecular weight excluding hydrogens is 549 g/mol. The number of allylic oxidation sites excluding steroid dienone is 4. The second-order valence-corrected chi connectivity index (χ2v) is 7.75. The molecule has 0 radical (unpaired) electrons. The van der Waals surface area contributed by atoms with E-state index in [1.807, 2.05) is 0 Å². The van der Waals surface area contributed by atoms with Gasteiger partial charge in [-0.1, -0.05) is 25.3 Å². The summed E-state index contributed by atoms with van der Waals surface area (Å²) in [6, 6.07) is 5.11. The van der Waals surface area contributed by atoms with E-state index in [2.05, 4.69) is 13.2 Å². The van der Waals surface area contributed by atoms with Gasteiger partial charge in [0.2, 0.25) is 0 Å². The predicted octanol–water partition coefficient (Wildman–Crippen LogP) is 5.33. The molecule has 0 aliphatic carbocycles. The highest BCUT2D eigenvalue weighted by molar-refractivity contribution is 5.60. The van der Waals surface area contributed by atoms with E-state index in [9.17, 15) is 53.9 Å². The Bertz CT molecular complexity index is 1570. The third kappa shape index (κ3) is 5.81. The second kappa shape index (κ2) is 9.96. The smallest absolute Gasteiger partial charge is 0.246 e. The Hall–Kier alpha value is -4.56. The van der Waals surface area contributed by atoms with E-state index in [4.69, 9.17) is 0 Å². The van der Waals surface area contributed by atoms with Crippen LogP contribution in [0.2, 0.25) is 0 Å². The first-order valence-electron chi connectivity index (χ1n) is 10.3. The van der Waals surface area contributed by atoms with Gasteiger partial charge in [-0.2, -0.15) is 39.5 Å². The van der Waals surface area contributed by atoms with Crippen LogP contribution in [0.1, 0.15) is 11.1 Å². The fraction of sp³-hybridized carbons (Fsp3) is 0.125. The minimum Gasteiger partial charge on any atom is -0.246 e. The number of rotatable bonds is 5. The van der Waals surface area contributed by atoms with Gasteiger partial charge in [0.15, 0.2) is 0 Å². The van der Waals surface area contributed by atoms with Gasteiger partial charge >= 0.3 is 35.6 Å². The molecule has 0 aliphatic rings. The summed E-state index contributed by atoms with van der Waals surface area (Å²) in [5, 5.41) is 0. The topological polar surface area (TPSA) is 66.0 Å². The molecule has 0 N–H and O–H groups in total. The van der Waals surface area contributed by atoms with Crippen molar-refractivity contribution in [3.05, 3.63) is 122 Å². The summed E-state index contributed by atoms with van der Waals surface area (Å²) in [6.45, 7) is 5.97. The number of benzene rings is 2. The molecule has 0 saturated carbocycles. The first kappa shape index (κ1) is 29.0. The molecule has 0 bridgehead atoms. The van der Waals surface area contributed by atoms with Crippen molar-refractivity contribution in [2.75, 3.05) is 0 Å². The zero-order valence-electron chi connectivity index (χ0n) is 19.2. The number of nitrogens with zero attached hydrogens (tertiary/aromatic N) is 3. The maximum Gasteiger partial charge on any atom is 0.416 e. The Morgan fingerprint density at radius 3 is 1.44 bits per heavy atom. The van der Waals surface area contributed by atoms with Crippen LogP contribution in [0, 0.1) is 0 Å². The monoisotopic (exact) mass is 563 g/mol. The molecule has 206 valence electrons. The third-order valence-corrected chi connectivity index (χ3v) is 5.16. The third-order valence-electron chi connectivity index (χ3n) is 5.16. The van der Waals surface area contributed by atoms with E-state index < -0.39 is 69.4 Å². The standard InChI is InChI=1S/C24H14F9N3O3/c1-3-16(10-13(2)22(25,26)27)34-19(37)35(17-8-4-6-14(11-17)23(28,29)30)21(39)36(20(34)38)18-9-5-7-15(12-18)24(31,32)33/h3-12H,1-2H2/b16-10+. The highest BCUT2D eigenvalue weighted by Gasteiger charge is 2.33. The lowest BCUT2D eigenvalue weighted by atomic mass is 10.2. The van der Waals surface area contributed by atoms with Crippen LogP contribution in [-0.4, -0.2) is 19.9 Å². The van der Waals surface area contributed by atoms with Crippen molar-refractivity contribution in [1.29, 1.82) is 0 Å². The quantitative estimate of drug-likeness (QED) is 0.311. The van der Waals surface area contributed by atoms with Crippen molar-refractivity contribution in [3.8, 4) is 11.4 Å². The predicted molar refractivity (Wildman–Crippen MR) is 122 cm³/mol. The summed E-state index contributed by atoms with van der Waals surface area (Å²) in [5.74, 6) is 0. The molecule has 0 saturated heterocycles. The highest BCUT2D eigenvalue weighted by Crippen LogP contribution is 2.31. The zero-order chi connectivity index (χ0) is 29.5. The number of aromatic nitrogens is 3. The Balaban J connectivity index is 2.54. The molecule has 1 aromatic heterocycles. The summed E-state index contributed by atoms with van der Waals surface area (Å²) in [5.41, 5.74) is -11.9. The molecular formula is C24H14F9N3O3. The van der Waals surface area contributed by atoms with Gasteiger partial charge in [-0.05, 0) is 48.6 Å². The minimum atomic E-state index is -5.06. The number of hydrogen-bond acceptors (Lipinski definition) is 3. The molecule has 0 amide bonds. The SMILES string of the molecule is C=C/C(=C\C(=C)C(F)(F)F)n1c(=O)n(-c2cccc(C(F)(F)F)c2)c(=O)n(-c2cccc(C(F)(F)F)c2)c1=O. The van der Waals surface area contributed by atoms with Gasteiger partial charge in [0.25, 0.3) is 0 Å². The van der Waals surface area contributed by atoms with E-state index in [1.54, 1.807) is 0 Å². The Kier molecular flexibility index (Phi) is 7.41. The van der Waals surface area contributed by atoms with Gasteiger partial charge in [0.1, 0.15) is 0 Å². The summed E-state index contributed by atoms with van der Waals surface area (Å²) < 4.78 is 119. The van der Waals surface area contributed by atoms with Crippen LogP contribution in [0.5, 0.6) is 0 Å². The highest BCUT2D eigenvalue weighted by atomic mass is 19.4. The average Bonchev–Trinajstić information content (AvgIpc) is 2.82. The van der Waals surface area contributed by atoms with Crippen molar-refractivity contribution >= 4 is 5.70 Å². The van der Waals surface area contributed by atoms with E-state index in [0.717, 1.165) is 24.3 Å². The zero-order valence-corrected chi connectivity index (χ0v) is 19.2. The van der Waals surface area contributed by atoms with Gasteiger partial charge in [-0.15, -0.1) is 0 Å². The van der Waals surface area contributed by atoms with Crippen LogP contribution < -0.4 is 17.1 Å². The van der Waals surface area contributed by atoms with E-state index in [0.29, 0.717) is 30.3 Å². The molecule has 15 heteroatoms. The lowest BCUT2D eigenvalue weighted by Crippen LogP contribution is -2.53. The number of halogens is 9. The summed E-state index contributed by atoms with van der Waals surface area (Å²) >= 11 is 0. The molecule has 0 fully saturated rings. The molecule has 0 spiro atoms. The molecule has 0 unspecified atom stereocenters. The van der Waals surface area contributed by atoms with Gasteiger partial charge in [0.05, 0.1) is 33.8 Å². The van der Waals surface area contributed by atoms with Gasteiger partial charge in [-0.25, -0.2) is 28.1 Å². The van der Waals surface area contributed by atoms with Gasteiger partial charge in [0, 0.05) is 0 Å². The molecule has 1 heterocycles. The largest absolute Gasteiger partial charge is 0.416 e. The normalized spacial score (nSPS) is 12.9. The number of alkyl halides is 9. The Labute approximate surface area is 211 Å². The maximum atomic E-state index is 13.3. The fourth-order valence-corrected chi connectivity index (χ4v) is 3.33. The van der Waals surface area contributed by atoms with Crippen molar-refractivity contribution in [1.82, 2.24) is 13.7 Å². The molecule has 39 heavy (non-hydrogen) atoms. The van der Waals surface area contributed by atoms with Crippen LogP contribution in [0.4, 0.5) is 39.5 Å². The summed E-state index contributed by atoms with van der Waals surface area (Å²) in [4.78, 5) is 39.8. The van der Waals surface area contributed by atoms with Crippen LogP contribution in [0.25, 0.3) is 17.1 Å². The van der Waals surface area contributed by atoms with Crippen LogP contribution in [0.15, 0.2) is 93.8 Å². The molecule has 0 atom stereocenters. The van der Waals surface area contributed by atoms with Crippen molar-refractivity contribution in [2.45, 2.75) is 18.5 Å². The molecule has 3 aromatic rings. The van der Waals surface area contributed by atoms with Crippen LogP contribution in [-0.2, 0) is 12.4 Å². The molecule has 3 rings (SSSR count). The summed E-state index contributed by atoms with van der Waals surface area (Å²) in [7, 11) is 0. The fourth-order valence-electron chi connectivity index (χ4n) is 3.33. The first-order valence-corrected chi connectivity index (χ1v) is 10.3. The van der Waals surface area contributed by atoms with Crippen molar-refractivity contribution in [3.63, 3.8) is 0 Å². The van der Waals surface area contributed by atoms with Crippen LogP contribution >= 0.6 is 0 Å². The molecule has 0 aliphatic heterocycles. The second-order valence-electron chi connectivity index (χ2n) is 7.75. The van der Waals surface area contributed by atoms with Gasteiger partial charge in [-0.3, -0.25) is 0 Å². The Morgan fingerprint density at radius 2 is 1.10 bits per heavy atom. The van der Waals surface area contributed by atoms with Gasteiger partial charge < -0.3 is 0 Å². The van der Waals surface area contributed by atoms with E-state index >= 15 is 0 Å². The van der Waals surface area contributed by atoms with Crippen LogP contribution in [0.3, 0.4) is 0 Å². The van der Waals surface area contributed by atoms with E-state index in [-0.39, 0.29) is 19.8 Å². The lowest BCUT2D eigenvalue weighted by molar-refractivity contribution is -0.138. The first-order chi connectivity index (χ1) is 17.9. The molecule has 2 aromatic carbocycles. The molecule has 6 nitrogen and oxygen atoms in total. The average molecular weight is 563 g/mol. The minimum absolute atomic E-state index is 0.00933. The summed E-state index contributed by atoms with van der Waals surface area (Å²) in [6.07, 6.45) is -14.2. The van der Waals surface area contributed by atoms with Crippen molar-refractivity contribution < 1.29 is 39.5 Å². The lowest BCUT2D eigenvalue weighted by Gasteiger charge is -2.17. The number of hydrogen-bond donors (Lipinski definition) is 0. The Morgan fingerprint density at radius 1 is 0.692 bits per heavy atom. The maximum absolute atomic E-state index is 13.3.